The molecule has 1 N–H and O–H groups in total. The fourth-order valence-corrected chi connectivity index (χ4v) is 6.71. The number of carbonyl (C=O) groups is 2. The van der Waals surface area contributed by atoms with Gasteiger partial charge in [0.05, 0.1) is 29.8 Å². The maximum Gasteiger partial charge on any atom is 0.416 e. The second-order valence-corrected chi connectivity index (χ2v) is 12.5. The minimum atomic E-state index is -5.15. The van der Waals surface area contributed by atoms with Crippen molar-refractivity contribution in [3.63, 3.8) is 0 Å². The second-order valence-electron chi connectivity index (χ2n) is 12.5. The molecule has 0 radical (unpaired) electrons. The van der Waals surface area contributed by atoms with Crippen LogP contribution in [0, 0.1) is 11.8 Å². The predicted molar refractivity (Wildman–Crippen MR) is 155 cm³/mol. The molecule has 1 aliphatic carbocycles. The Morgan fingerprint density at radius 1 is 0.878 bits per heavy atom. The van der Waals surface area contributed by atoms with E-state index in [1.807, 2.05) is 0 Å². The number of nitrogens with zero attached hydrogens (tertiary/aromatic N) is 6. The molecule has 5 rings (SSSR count). The van der Waals surface area contributed by atoms with Crippen molar-refractivity contribution < 1.29 is 54.2 Å². The molecule has 1 amide bonds. The molecule has 3 aromatic rings. The Kier molecular flexibility index (Phi) is 9.64. The zero-order chi connectivity index (χ0) is 36.1. The van der Waals surface area contributed by atoms with Gasteiger partial charge < -0.3 is 14.9 Å². The Bertz CT molecular complexity index is 1660. The third kappa shape index (κ3) is 7.93. The molecule has 1 fully saturated rings. The average molecular weight is 707 g/mol. The number of halogens is 9. The minimum absolute atomic E-state index is 0.0271. The van der Waals surface area contributed by atoms with Crippen molar-refractivity contribution in [3.05, 3.63) is 64.2 Å². The van der Waals surface area contributed by atoms with E-state index in [2.05, 4.69) is 15.4 Å². The number of hydrogen-bond donors (Lipinski definition) is 1. The molecule has 0 saturated heterocycles. The number of anilines is 2. The van der Waals surface area contributed by atoms with E-state index in [4.69, 9.17) is 5.11 Å². The van der Waals surface area contributed by atoms with Crippen LogP contribution in [0.1, 0.15) is 79.3 Å². The van der Waals surface area contributed by atoms with Crippen LogP contribution in [0.2, 0.25) is 0 Å². The van der Waals surface area contributed by atoms with Crippen LogP contribution >= 0.6 is 0 Å². The Morgan fingerprint density at radius 2 is 1.47 bits per heavy atom. The van der Waals surface area contributed by atoms with Gasteiger partial charge in [-0.05, 0) is 97.7 Å². The van der Waals surface area contributed by atoms with Gasteiger partial charge in [0.2, 0.25) is 5.91 Å². The van der Waals surface area contributed by atoms with Gasteiger partial charge in [0.15, 0.2) is 0 Å². The van der Waals surface area contributed by atoms with Gasteiger partial charge in [-0.2, -0.15) is 44.3 Å². The zero-order valence-electron chi connectivity index (χ0n) is 26.1. The number of tetrazole rings is 1. The largest absolute Gasteiger partial charge is 0.481 e. The highest BCUT2D eigenvalue weighted by Crippen LogP contribution is 2.46. The summed E-state index contributed by atoms with van der Waals surface area (Å²) in [5.74, 6) is -2.26. The number of aryl methyl sites for hydroxylation is 1. The fraction of sp³-hybridized carbons (Fsp3) is 0.516. The first-order valence-electron chi connectivity index (χ1n) is 15.3. The summed E-state index contributed by atoms with van der Waals surface area (Å²) in [4.78, 5) is 28.7. The first-order chi connectivity index (χ1) is 22.7. The molecule has 2 atom stereocenters. The lowest BCUT2D eigenvalue weighted by atomic mass is 9.79. The Hall–Kier alpha value is -4.38. The molecular weight excluding hydrogens is 675 g/mol. The van der Waals surface area contributed by atoms with Gasteiger partial charge >= 0.3 is 24.5 Å². The van der Waals surface area contributed by atoms with Crippen molar-refractivity contribution >= 4 is 23.5 Å². The standard InChI is InChI=1S/C31H31F9N6O3/c1-16-9-25(45(28-41-43-44(2)42-28)15-18-10-21(30(35,36)37)13-22(11-18)31(38,39)40)23-14-20(29(32,33)34)7-8-24(23)46(16)27(49)19-5-3-17(4-6-19)12-26(47)48/h7-8,10-11,13-14,16-17,19,25H,3-6,9,12,15H2,1-2H3,(H,47,48)/t16-,17?,19?,25-/m1/s1. The van der Waals surface area contributed by atoms with Crippen LogP contribution in [0.4, 0.5) is 51.1 Å². The van der Waals surface area contributed by atoms with Crippen LogP contribution in [0.3, 0.4) is 0 Å². The van der Waals surface area contributed by atoms with E-state index >= 15 is 0 Å². The van der Waals surface area contributed by atoms with Crippen molar-refractivity contribution in [1.82, 2.24) is 20.2 Å². The van der Waals surface area contributed by atoms with E-state index in [-0.39, 0.29) is 47.9 Å². The highest BCUT2D eigenvalue weighted by molar-refractivity contribution is 5.97. The van der Waals surface area contributed by atoms with Crippen LogP contribution in [0.15, 0.2) is 36.4 Å². The van der Waals surface area contributed by atoms with Crippen molar-refractivity contribution in [1.29, 1.82) is 0 Å². The number of benzene rings is 2. The molecule has 1 saturated carbocycles. The van der Waals surface area contributed by atoms with Gasteiger partial charge in [-0.15, -0.1) is 5.10 Å². The normalized spacial score (nSPS) is 21.7. The molecule has 0 unspecified atom stereocenters. The predicted octanol–water partition coefficient (Wildman–Crippen LogP) is 7.42. The molecule has 266 valence electrons. The van der Waals surface area contributed by atoms with Crippen molar-refractivity contribution in [2.75, 3.05) is 9.80 Å². The molecular formula is C31H31F9N6O3. The van der Waals surface area contributed by atoms with Gasteiger partial charge in [0, 0.05) is 30.6 Å². The summed E-state index contributed by atoms with van der Waals surface area (Å²) in [6.45, 7) is 0.948. The number of fused-ring (bicyclic) bond motifs is 1. The number of alkyl halides is 9. The first-order valence-corrected chi connectivity index (χ1v) is 15.3. The summed E-state index contributed by atoms with van der Waals surface area (Å²) in [5, 5.41) is 20.8. The van der Waals surface area contributed by atoms with E-state index in [9.17, 15) is 49.1 Å². The molecule has 9 nitrogen and oxygen atoms in total. The Morgan fingerprint density at radius 3 is 1.98 bits per heavy atom. The minimum Gasteiger partial charge on any atom is -0.481 e. The molecule has 1 aliphatic heterocycles. The maximum absolute atomic E-state index is 14.0. The number of aromatic nitrogens is 4. The molecule has 0 spiro atoms. The van der Waals surface area contributed by atoms with Crippen molar-refractivity contribution in [2.45, 2.75) is 82.6 Å². The fourth-order valence-electron chi connectivity index (χ4n) is 6.71. The molecule has 49 heavy (non-hydrogen) atoms. The highest BCUT2D eigenvalue weighted by atomic mass is 19.4. The van der Waals surface area contributed by atoms with Gasteiger partial charge in [-0.3, -0.25) is 9.59 Å². The maximum atomic E-state index is 14.0. The lowest BCUT2D eigenvalue weighted by Gasteiger charge is -2.45. The van der Waals surface area contributed by atoms with Crippen molar-refractivity contribution in [3.8, 4) is 0 Å². The van der Waals surface area contributed by atoms with Gasteiger partial charge in [0.1, 0.15) is 0 Å². The molecule has 2 aromatic carbocycles. The third-order valence-electron chi connectivity index (χ3n) is 9.01. The van der Waals surface area contributed by atoms with Crippen molar-refractivity contribution in [2.24, 2.45) is 18.9 Å². The molecule has 2 aliphatic rings. The lowest BCUT2D eigenvalue weighted by molar-refractivity contribution is -0.143. The van der Waals surface area contributed by atoms with Gasteiger partial charge in [0.25, 0.3) is 5.95 Å². The summed E-state index contributed by atoms with van der Waals surface area (Å²) in [6.07, 6.45) is -13.6. The van der Waals surface area contributed by atoms with E-state index in [1.165, 1.54) is 16.8 Å². The average Bonchev–Trinajstić information content (AvgIpc) is 3.43. The molecule has 1 aromatic heterocycles. The number of amides is 1. The number of rotatable bonds is 7. The number of hydrogen-bond acceptors (Lipinski definition) is 6. The quantitative estimate of drug-likeness (QED) is 0.255. The SMILES string of the molecule is C[C@@H]1C[C@@H](N(Cc2cc(C(F)(F)F)cc(C(F)(F)F)c2)c2nnn(C)n2)c2cc(C(F)(F)F)ccc2N1C(=O)C1CCC(CC(=O)O)CC1. The van der Waals surface area contributed by atoms with Gasteiger partial charge in [-0.1, -0.05) is 5.10 Å². The summed E-state index contributed by atoms with van der Waals surface area (Å²) >= 11 is 0. The topological polar surface area (TPSA) is 104 Å². The van der Waals surface area contributed by atoms with Crippen LogP contribution in [0.25, 0.3) is 0 Å². The summed E-state index contributed by atoms with van der Waals surface area (Å²) in [6, 6.07) is 1.89. The Labute approximate surface area is 273 Å². The molecule has 2 heterocycles. The van der Waals surface area contributed by atoms with Crippen LogP contribution in [-0.2, 0) is 41.7 Å². The van der Waals surface area contributed by atoms with E-state index in [0.717, 1.165) is 23.0 Å². The van der Waals surface area contributed by atoms with E-state index < -0.39 is 71.3 Å². The second kappa shape index (κ2) is 13.2. The summed E-state index contributed by atoms with van der Waals surface area (Å²) < 4.78 is 124. The number of carbonyl (C=O) groups excluding carboxylic acids is 1. The van der Waals surface area contributed by atoms with Gasteiger partial charge in [-0.25, -0.2) is 0 Å². The number of aliphatic carboxylic acids is 1. The number of carboxylic acids is 1. The first kappa shape index (κ1) is 35.9. The summed E-state index contributed by atoms with van der Waals surface area (Å²) in [5.41, 5.74) is -4.67. The zero-order valence-corrected chi connectivity index (χ0v) is 26.1. The number of carboxylic acid groups (broad SMARTS) is 1. The van der Waals surface area contributed by atoms with E-state index in [0.29, 0.717) is 37.8 Å². The molecule has 0 bridgehead atoms. The molecule has 18 heteroatoms. The monoisotopic (exact) mass is 706 g/mol. The van der Waals surface area contributed by atoms with Crippen LogP contribution < -0.4 is 9.80 Å². The van der Waals surface area contributed by atoms with Crippen LogP contribution in [-0.4, -0.2) is 43.2 Å². The smallest absolute Gasteiger partial charge is 0.416 e. The lowest BCUT2D eigenvalue weighted by Crippen LogP contribution is -2.49. The summed E-state index contributed by atoms with van der Waals surface area (Å²) in [7, 11) is 1.35. The van der Waals surface area contributed by atoms with Crippen LogP contribution in [0.5, 0.6) is 0 Å². The van der Waals surface area contributed by atoms with E-state index in [1.54, 1.807) is 6.92 Å². The third-order valence-corrected chi connectivity index (χ3v) is 9.01. The Balaban J connectivity index is 1.59. The highest BCUT2D eigenvalue weighted by Gasteiger charge is 2.43.